The van der Waals surface area contributed by atoms with Crippen LogP contribution >= 0.6 is 0 Å². The maximum absolute atomic E-state index is 3.84. The van der Waals surface area contributed by atoms with Gasteiger partial charge in [0.05, 0.1) is 0 Å². The van der Waals surface area contributed by atoms with E-state index in [2.05, 4.69) is 33.0 Å². The molecule has 91 valence electrons. The molecular weight excluding hydrogens is 182 g/mol. The van der Waals surface area contributed by atoms with E-state index < -0.39 is 0 Å². The van der Waals surface area contributed by atoms with E-state index in [-0.39, 0.29) is 5.54 Å². The molecule has 1 heteroatoms. The summed E-state index contributed by atoms with van der Waals surface area (Å²) in [6.07, 6.45) is 11.1. The van der Waals surface area contributed by atoms with Gasteiger partial charge in [0.15, 0.2) is 0 Å². The Labute approximate surface area is 97.0 Å². The van der Waals surface area contributed by atoms with Gasteiger partial charge in [-0.1, -0.05) is 51.9 Å². The van der Waals surface area contributed by atoms with Crippen LogP contribution in [0.25, 0.3) is 0 Å². The van der Waals surface area contributed by atoms with Crippen LogP contribution in [0.15, 0.2) is 0 Å². The molecule has 0 aliphatic heterocycles. The monoisotopic (exact) mass is 212 g/mol. The van der Waals surface area contributed by atoms with Crippen LogP contribution in [0.4, 0.5) is 0 Å². The normalized spacial score (nSPS) is 12.0. The van der Waals surface area contributed by atoms with Gasteiger partial charge in [-0.15, -0.1) is 0 Å². The number of rotatable bonds is 10. The predicted octanol–water partition coefficient (Wildman–Crippen LogP) is 4.33. The highest BCUT2D eigenvalue weighted by Crippen LogP contribution is 2.15. The minimum absolute atomic E-state index is 0.283. The SMILES string of the molecule is [CH2]CNC(C)(C)CCCCCCCCC. The fraction of sp³-hybridized carbons (Fsp3) is 0.929. The summed E-state index contributed by atoms with van der Waals surface area (Å²) in [4.78, 5) is 0. The van der Waals surface area contributed by atoms with Crippen molar-refractivity contribution in [1.82, 2.24) is 5.32 Å². The van der Waals surface area contributed by atoms with Crippen molar-refractivity contribution in [1.29, 1.82) is 0 Å². The molecule has 0 aliphatic rings. The second kappa shape index (κ2) is 9.21. The molecule has 0 atom stereocenters. The second-order valence-electron chi connectivity index (χ2n) is 5.18. The number of hydrogen-bond donors (Lipinski definition) is 1. The Morgan fingerprint density at radius 3 is 2.00 bits per heavy atom. The van der Waals surface area contributed by atoms with Gasteiger partial charge in [0.25, 0.3) is 0 Å². The summed E-state index contributed by atoms with van der Waals surface area (Å²) in [5, 5.41) is 3.42. The van der Waals surface area contributed by atoms with Crippen LogP contribution in [0.3, 0.4) is 0 Å². The molecule has 1 N–H and O–H groups in total. The molecule has 0 fully saturated rings. The van der Waals surface area contributed by atoms with Gasteiger partial charge < -0.3 is 5.32 Å². The molecule has 1 nitrogen and oxygen atoms in total. The second-order valence-corrected chi connectivity index (χ2v) is 5.18. The smallest absolute Gasteiger partial charge is 0.0125 e. The molecule has 0 spiro atoms. The highest BCUT2D eigenvalue weighted by molar-refractivity contribution is 4.77. The molecule has 0 aliphatic carbocycles. The summed E-state index contributed by atoms with van der Waals surface area (Å²) >= 11 is 0. The van der Waals surface area contributed by atoms with E-state index >= 15 is 0 Å². The molecule has 0 amide bonds. The Bertz CT molecular complexity index is 129. The quantitative estimate of drug-likeness (QED) is 0.531. The van der Waals surface area contributed by atoms with E-state index in [1.165, 1.54) is 51.4 Å². The topological polar surface area (TPSA) is 12.0 Å². The summed E-state index contributed by atoms with van der Waals surface area (Å²) in [5.41, 5.74) is 0.283. The minimum Gasteiger partial charge on any atom is -0.312 e. The third-order valence-corrected chi connectivity index (χ3v) is 3.01. The van der Waals surface area contributed by atoms with E-state index in [9.17, 15) is 0 Å². The first-order valence-corrected chi connectivity index (χ1v) is 6.66. The van der Waals surface area contributed by atoms with E-state index in [0.717, 1.165) is 6.54 Å². The van der Waals surface area contributed by atoms with Gasteiger partial charge in [-0.05, 0) is 33.7 Å². The lowest BCUT2D eigenvalue weighted by atomic mass is 9.96. The van der Waals surface area contributed by atoms with Gasteiger partial charge in [-0.3, -0.25) is 0 Å². The van der Waals surface area contributed by atoms with E-state index in [1.54, 1.807) is 0 Å². The summed E-state index contributed by atoms with van der Waals surface area (Å²) < 4.78 is 0. The average molecular weight is 212 g/mol. The van der Waals surface area contributed by atoms with Crippen molar-refractivity contribution in [2.75, 3.05) is 6.54 Å². The first-order valence-electron chi connectivity index (χ1n) is 6.66. The van der Waals surface area contributed by atoms with Gasteiger partial charge in [0, 0.05) is 5.54 Å². The van der Waals surface area contributed by atoms with Gasteiger partial charge >= 0.3 is 0 Å². The molecule has 0 aromatic carbocycles. The van der Waals surface area contributed by atoms with E-state index in [4.69, 9.17) is 0 Å². The lowest BCUT2D eigenvalue weighted by Crippen LogP contribution is -2.38. The zero-order chi connectivity index (χ0) is 11.6. The van der Waals surface area contributed by atoms with Crippen LogP contribution in [0.5, 0.6) is 0 Å². The highest BCUT2D eigenvalue weighted by atomic mass is 14.9. The van der Waals surface area contributed by atoms with E-state index in [0.29, 0.717) is 0 Å². The van der Waals surface area contributed by atoms with Crippen molar-refractivity contribution in [2.45, 2.75) is 77.7 Å². The number of hydrogen-bond acceptors (Lipinski definition) is 1. The number of nitrogens with one attached hydrogen (secondary N) is 1. The molecule has 0 heterocycles. The van der Waals surface area contributed by atoms with Crippen LogP contribution in [0.1, 0.15) is 72.1 Å². The zero-order valence-electron chi connectivity index (χ0n) is 11.1. The summed E-state index contributed by atoms with van der Waals surface area (Å²) in [6.45, 7) is 11.5. The molecular formula is C14H30N. The third kappa shape index (κ3) is 10.2. The molecule has 0 unspecified atom stereocenters. The largest absolute Gasteiger partial charge is 0.312 e. The molecule has 0 bridgehead atoms. The predicted molar refractivity (Wildman–Crippen MR) is 70.0 cm³/mol. The Morgan fingerprint density at radius 2 is 1.47 bits per heavy atom. The van der Waals surface area contributed by atoms with Gasteiger partial charge in [0.1, 0.15) is 0 Å². The Kier molecular flexibility index (Phi) is 9.18. The molecule has 0 rings (SSSR count). The van der Waals surface area contributed by atoms with E-state index in [1.807, 2.05) is 0 Å². The standard InChI is InChI=1S/C14H30N/c1-5-7-8-9-10-11-12-13-14(3,4)15-6-2/h15H,2,5-13H2,1,3-4H3. The Balaban J connectivity index is 3.22. The Morgan fingerprint density at radius 1 is 0.933 bits per heavy atom. The molecule has 15 heavy (non-hydrogen) atoms. The summed E-state index contributed by atoms with van der Waals surface area (Å²) in [6, 6.07) is 0. The first kappa shape index (κ1) is 15.0. The van der Waals surface area contributed by atoms with Crippen molar-refractivity contribution < 1.29 is 0 Å². The van der Waals surface area contributed by atoms with Crippen LogP contribution < -0.4 is 5.32 Å². The maximum atomic E-state index is 3.84. The molecule has 0 aromatic heterocycles. The van der Waals surface area contributed by atoms with Crippen molar-refractivity contribution in [3.8, 4) is 0 Å². The average Bonchev–Trinajstić information content (AvgIpc) is 2.16. The van der Waals surface area contributed by atoms with Crippen molar-refractivity contribution in [3.05, 3.63) is 6.92 Å². The van der Waals surface area contributed by atoms with Crippen LogP contribution in [-0.2, 0) is 0 Å². The van der Waals surface area contributed by atoms with Gasteiger partial charge in [-0.25, -0.2) is 0 Å². The van der Waals surface area contributed by atoms with Crippen LogP contribution in [0.2, 0.25) is 0 Å². The molecule has 0 saturated carbocycles. The lowest BCUT2D eigenvalue weighted by molar-refractivity contribution is 0.360. The lowest BCUT2D eigenvalue weighted by Gasteiger charge is -2.25. The van der Waals surface area contributed by atoms with Crippen LogP contribution in [-0.4, -0.2) is 12.1 Å². The third-order valence-electron chi connectivity index (χ3n) is 3.01. The van der Waals surface area contributed by atoms with Gasteiger partial charge in [0.2, 0.25) is 0 Å². The fourth-order valence-electron chi connectivity index (χ4n) is 1.95. The van der Waals surface area contributed by atoms with Crippen molar-refractivity contribution in [3.63, 3.8) is 0 Å². The van der Waals surface area contributed by atoms with Crippen molar-refractivity contribution in [2.24, 2.45) is 0 Å². The zero-order valence-corrected chi connectivity index (χ0v) is 11.1. The Hall–Kier alpha value is -0.0400. The van der Waals surface area contributed by atoms with Crippen molar-refractivity contribution >= 4 is 0 Å². The number of unbranched alkanes of at least 4 members (excludes halogenated alkanes) is 6. The maximum Gasteiger partial charge on any atom is 0.0125 e. The summed E-state index contributed by atoms with van der Waals surface area (Å²) in [7, 11) is 0. The summed E-state index contributed by atoms with van der Waals surface area (Å²) in [5.74, 6) is 0. The van der Waals surface area contributed by atoms with Crippen LogP contribution in [0, 0.1) is 6.92 Å². The fourth-order valence-corrected chi connectivity index (χ4v) is 1.95. The minimum atomic E-state index is 0.283. The molecule has 0 aromatic rings. The highest BCUT2D eigenvalue weighted by Gasteiger charge is 2.14. The first-order chi connectivity index (χ1) is 7.12. The molecule has 0 saturated heterocycles. The molecule has 1 radical (unpaired) electrons. The van der Waals surface area contributed by atoms with Gasteiger partial charge in [-0.2, -0.15) is 0 Å².